The summed E-state index contributed by atoms with van der Waals surface area (Å²) < 4.78 is 5.46. The van der Waals surface area contributed by atoms with Crippen LogP contribution in [0.4, 0.5) is 0 Å². The van der Waals surface area contributed by atoms with Crippen LogP contribution in [0.1, 0.15) is 34.7 Å². The average Bonchev–Trinajstić information content (AvgIpc) is 2.93. The second-order valence-corrected chi connectivity index (χ2v) is 5.41. The predicted octanol–water partition coefficient (Wildman–Crippen LogP) is 1.82. The lowest BCUT2D eigenvalue weighted by atomic mass is 10.1. The van der Waals surface area contributed by atoms with Gasteiger partial charge in [-0.25, -0.2) is 0 Å². The number of fused-ring (bicyclic) bond motifs is 1. The molecule has 2 fully saturated rings. The quantitative estimate of drug-likeness (QED) is 0.760. The Morgan fingerprint density at radius 1 is 1.33 bits per heavy atom. The first kappa shape index (κ1) is 11.8. The minimum absolute atomic E-state index is 0.135. The monoisotopic (exact) mass is 248 g/mol. The van der Waals surface area contributed by atoms with E-state index in [1.165, 1.54) is 19.4 Å². The zero-order chi connectivity index (χ0) is 12.7. The number of hydrogen-bond donors (Lipinski definition) is 0. The molecular formula is C14H20N2O2. The topological polar surface area (TPSA) is 36.7 Å². The van der Waals surface area contributed by atoms with Gasteiger partial charge in [0.25, 0.3) is 5.91 Å². The van der Waals surface area contributed by atoms with Gasteiger partial charge in [-0.15, -0.1) is 0 Å². The first-order valence-corrected chi connectivity index (χ1v) is 6.75. The van der Waals surface area contributed by atoms with Crippen molar-refractivity contribution in [1.29, 1.82) is 0 Å². The van der Waals surface area contributed by atoms with E-state index in [-0.39, 0.29) is 5.91 Å². The Kier molecular flexibility index (Phi) is 2.90. The van der Waals surface area contributed by atoms with Crippen molar-refractivity contribution in [1.82, 2.24) is 9.80 Å². The van der Waals surface area contributed by atoms with Gasteiger partial charge in [-0.05, 0) is 39.3 Å². The second kappa shape index (κ2) is 4.43. The first-order chi connectivity index (χ1) is 8.65. The van der Waals surface area contributed by atoms with E-state index in [1.54, 1.807) is 0 Å². The van der Waals surface area contributed by atoms with Crippen molar-refractivity contribution in [3.8, 4) is 0 Å². The summed E-state index contributed by atoms with van der Waals surface area (Å²) in [6, 6.07) is 2.44. The Balaban J connectivity index is 1.75. The molecule has 0 aliphatic carbocycles. The van der Waals surface area contributed by atoms with Gasteiger partial charge in [0, 0.05) is 25.7 Å². The molecule has 98 valence electrons. The van der Waals surface area contributed by atoms with E-state index < -0.39 is 0 Å². The third kappa shape index (κ3) is 1.94. The molecule has 3 heterocycles. The molecule has 1 aromatic heterocycles. The lowest BCUT2D eigenvalue weighted by Crippen LogP contribution is -2.52. The van der Waals surface area contributed by atoms with Crippen LogP contribution in [0, 0.1) is 13.8 Å². The van der Waals surface area contributed by atoms with E-state index >= 15 is 0 Å². The lowest BCUT2D eigenvalue weighted by molar-refractivity contribution is 0.0569. The number of hydrogen-bond acceptors (Lipinski definition) is 3. The molecule has 2 aliphatic rings. The minimum atomic E-state index is 0.135. The SMILES string of the molecule is Cc1cc(C(=O)N2CCN3CCC[C@@H]3C2)c(C)o1. The van der Waals surface area contributed by atoms with Gasteiger partial charge >= 0.3 is 0 Å². The molecule has 1 amide bonds. The zero-order valence-corrected chi connectivity index (χ0v) is 11.1. The summed E-state index contributed by atoms with van der Waals surface area (Å²) in [6.45, 7) is 7.70. The fourth-order valence-corrected chi connectivity index (χ4v) is 3.19. The number of carbonyl (C=O) groups is 1. The predicted molar refractivity (Wildman–Crippen MR) is 68.7 cm³/mol. The lowest BCUT2D eigenvalue weighted by Gasteiger charge is -2.37. The molecule has 2 aliphatic heterocycles. The summed E-state index contributed by atoms with van der Waals surface area (Å²) in [5.41, 5.74) is 0.735. The van der Waals surface area contributed by atoms with Crippen LogP contribution in [-0.2, 0) is 0 Å². The smallest absolute Gasteiger partial charge is 0.257 e. The van der Waals surface area contributed by atoms with E-state index in [1.807, 2.05) is 24.8 Å². The summed E-state index contributed by atoms with van der Waals surface area (Å²) >= 11 is 0. The molecule has 1 atom stereocenters. The summed E-state index contributed by atoms with van der Waals surface area (Å²) in [5, 5.41) is 0. The first-order valence-electron chi connectivity index (χ1n) is 6.75. The summed E-state index contributed by atoms with van der Waals surface area (Å²) in [5.74, 6) is 1.69. The third-order valence-electron chi connectivity index (χ3n) is 4.15. The largest absolute Gasteiger partial charge is 0.466 e. The van der Waals surface area contributed by atoms with Crippen molar-refractivity contribution in [2.75, 3.05) is 26.2 Å². The molecule has 0 spiro atoms. The molecule has 2 saturated heterocycles. The highest BCUT2D eigenvalue weighted by Gasteiger charge is 2.33. The summed E-state index contributed by atoms with van der Waals surface area (Å²) in [7, 11) is 0. The number of rotatable bonds is 1. The van der Waals surface area contributed by atoms with Gasteiger partial charge in [-0.1, -0.05) is 0 Å². The van der Waals surface area contributed by atoms with Crippen molar-refractivity contribution >= 4 is 5.91 Å². The standard InChI is InChI=1S/C14H20N2O2/c1-10-8-13(11(2)18-10)14(17)16-7-6-15-5-3-4-12(15)9-16/h8,12H,3-7,9H2,1-2H3/t12-/m1/s1. The van der Waals surface area contributed by atoms with E-state index in [9.17, 15) is 4.79 Å². The maximum atomic E-state index is 12.5. The minimum Gasteiger partial charge on any atom is -0.466 e. The molecule has 0 radical (unpaired) electrons. The molecule has 4 heteroatoms. The van der Waals surface area contributed by atoms with E-state index in [0.29, 0.717) is 6.04 Å². The van der Waals surface area contributed by atoms with Gasteiger partial charge in [0.05, 0.1) is 5.56 Å². The fraction of sp³-hybridized carbons (Fsp3) is 0.643. The average molecular weight is 248 g/mol. The number of piperazine rings is 1. The Hall–Kier alpha value is -1.29. The summed E-state index contributed by atoms with van der Waals surface area (Å²) in [4.78, 5) is 17.0. The van der Waals surface area contributed by atoms with Gasteiger partial charge in [-0.3, -0.25) is 9.69 Å². The maximum absolute atomic E-state index is 12.5. The van der Waals surface area contributed by atoms with Gasteiger partial charge in [0.15, 0.2) is 0 Å². The van der Waals surface area contributed by atoms with Crippen LogP contribution in [0.3, 0.4) is 0 Å². The number of nitrogens with zero attached hydrogens (tertiary/aromatic N) is 2. The van der Waals surface area contributed by atoms with Crippen LogP contribution in [0.25, 0.3) is 0 Å². The fourth-order valence-electron chi connectivity index (χ4n) is 3.19. The van der Waals surface area contributed by atoms with Gasteiger partial charge in [0.1, 0.15) is 11.5 Å². The second-order valence-electron chi connectivity index (χ2n) is 5.41. The van der Waals surface area contributed by atoms with Crippen molar-refractivity contribution < 1.29 is 9.21 Å². The normalized spacial score (nSPS) is 24.3. The zero-order valence-electron chi connectivity index (χ0n) is 11.1. The number of furan rings is 1. The number of amides is 1. The van der Waals surface area contributed by atoms with Gasteiger partial charge in [-0.2, -0.15) is 0 Å². The van der Waals surface area contributed by atoms with E-state index in [4.69, 9.17) is 4.42 Å². The van der Waals surface area contributed by atoms with Crippen molar-refractivity contribution in [3.05, 3.63) is 23.2 Å². The molecular weight excluding hydrogens is 228 g/mol. The molecule has 3 rings (SSSR count). The highest BCUT2D eigenvalue weighted by molar-refractivity contribution is 5.95. The van der Waals surface area contributed by atoms with Crippen LogP contribution in [-0.4, -0.2) is 47.9 Å². The van der Waals surface area contributed by atoms with E-state index in [0.717, 1.165) is 36.7 Å². The van der Waals surface area contributed by atoms with E-state index in [2.05, 4.69) is 4.90 Å². The Bertz CT molecular complexity index is 466. The Morgan fingerprint density at radius 2 is 2.17 bits per heavy atom. The van der Waals surface area contributed by atoms with Crippen LogP contribution < -0.4 is 0 Å². The van der Waals surface area contributed by atoms with Crippen LogP contribution in [0.2, 0.25) is 0 Å². The Morgan fingerprint density at radius 3 is 2.89 bits per heavy atom. The Labute approximate surface area is 108 Å². The molecule has 0 bridgehead atoms. The molecule has 0 unspecified atom stereocenters. The molecule has 0 N–H and O–H groups in total. The summed E-state index contributed by atoms with van der Waals surface area (Å²) in [6.07, 6.45) is 2.50. The molecule has 0 saturated carbocycles. The van der Waals surface area contributed by atoms with Crippen molar-refractivity contribution in [3.63, 3.8) is 0 Å². The third-order valence-corrected chi connectivity index (χ3v) is 4.15. The molecule has 18 heavy (non-hydrogen) atoms. The van der Waals surface area contributed by atoms with Crippen LogP contribution in [0.15, 0.2) is 10.5 Å². The van der Waals surface area contributed by atoms with Crippen LogP contribution >= 0.6 is 0 Å². The van der Waals surface area contributed by atoms with Crippen molar-refractivity contribution in [2.45, 2.75) is 32.7 Å². The number of aryl methyl sites for hydroxylation is 2. The van der Waals surface area contributed by atoms with Gasteiger partial charge < -0.3 is 9.32 Å². The number of carbonyl (C=O) groups excluding carboxylic acids is 1. The molecule has 0 aromatic carbocycles. The van der Waals surface area contributed by atoms with Crippen LogP contribution in [0.5, 0.6) is 0 Å². The van der Waals surface area contributed by atoms with Gasteiger partial charge in [0.2, 0.25) is 0 Å². The highest BCUT2D eigenvalue weighted by Crippen LogP contribution is 2.24. The molecule has 4 nitrogen and oxygen atoms in total. The maximum Gasteiger partial charge on any atom is 0.257 e. The van der Waals surface area contributed by atoms with Crippen molar-refractivity contribution in [2.24, 2.45) is 0 Å². The molecule has 1 aromatic rings. The highest BCUT2D eigenvalue weighted by atomic mass is 16.3.